The van der Waals surface area contributed by atoms with Crippen molar-refractivity contribution in [1.82, 2.24) is 10.6 Å². The number of nitriles is 1. The summed E-state index contributed by atoms with van der Waals surface area (Å²) in [6, 6.07) is 9.64. The summed E-state index contributed by atoms with van der Waals surface area (Å²) in [5.41, 5.74) is 1.79. The van der Waals surface area contributed by atoms with Crippen LogP contribution in [0.4, 0.5) is 0 Å². The molecule has 1 aromatic carbocycles. The Morgan fingerprint density at radius 1 is 1.17 bits per heavy atom. The quantitative estimate of drug-likeness (QED) is 0.274. The largest absolute Gasteiger partial charge is 0.381 e. The molecule has 0 aliphatic rings. The van der Waals surface area contributed by atoms with E-state index in [1.807, 2.05) is 24.3 Å². The van der Waals surface area contributed by atoms with Crippen molar-refractivity contribution >= 4 is 29.9 Å². The number of nitrogens with zero attached hydrogens (tertiary/aromatic N) is 2. The Morgan fingerprint density at radius 2 is 1.87 bits per heavy atom. The Kier molecular flexibility index (Phi) is 13.4. The lowest BCUT2D eigenvalue weighted by molar-refractivity contribution is 0.129. The molecule has 0 fully saturated rings. The van der Waals surface area contributed by atoms with Gasteiger partial charge in [-0.3, -0.25) is 4.99 Å². The van der Waals surface area contributed by atoms with Crippen molar-refractivity contribution in [2.24, 2.45) is 4.99 Å². The summed E-state index contributed by atoms with van der Waals surface area (Å²) < 4.78 is 5.51. The smallest absolute Gasteiger partial charge is 0.191 e. The average Bonchev–Trinajstić information content (AvgIpc) is 2.57. The summed E-state index contributed by atoms with van der Waals surface area (Å²) in [7, 11) is 1.76. The standard InChI is InChI=1S/C17H26N4O.HI/c1-3-4-11-22-12-5-10-20-17(19-2)21-14-16-8-6-15(13-18)7-9-16;/h6-9H,3-5,10-12,14H2,1-2H3,(H2,19,20,21);1H. The van der Waals surface area contributed by atoms with Crippen LogP contribution in [0.5, 0.6) is 0 Å². The Morgan fingerprint density at radius 3 is 2.48 bits per heavy atom. The minimum Gasteiger partial charge on any atom is -0.381 e. The zero-order valence-corrected chi connectivity index (χ0v) is 16.3. The Bertz CT molecular complexity index is 482. The first-order valence-corrected chi connectivity index (χ1v) is 7.81. The van der Waals surface area contributed by atoms with E-state index in [9.17, 15) is 0 Å². The molecule has 0 saturated carbocycles. The second-order valence-electron chi connectivity index (χ2n) is 4.98. The van der Waals surface area contributed by atoms with E-state index < -0.39 is 0 Å². The molecular formula is C17H27IN4O. The van der Waals surface area contributed by atoms with Crippen LogP contribution in [0.2, 0.25) is 0 Å². The monoisotopic (exact) mass is 430 g/mol. The van der Waals surface area contributed by atoms with Crippen LogP contribution in [-0.4, -0.2) is 32.8 Å². The molecule has 0 spiro atoms. The molecule has 23 heavy (non-hydrogen) atoms. The second-order valence-corrected chi connectivity index (χ2v) is 4.98. The molecule has 128 valence electrons. The molecule has 0 radical (unpaired) electrons. The molecule has 0 heterocycles. The zero-order chi connectivity index (χ0) is 16.0. The number of unbranched alkanes of at least 4 members (excludes halogenated alkanes) is 1. The fraction of sp³-hybridized carbons (Fsp3) is 0.529. The maximum Gasteiger partial charge on any atom is 0.191 e. The summed E-state index contributed by atoms with van der Waals surface area (Å²) in [5, 5.41) is 15.3. The van der Waals surface area contributed by atoms with E-state index in [1.165, 1.54) is 6.42 Å². The molecule has 0 aliphatic heterocycles. The van der Waals surface area contributed by atoms with Gasteiger partial charge >= 0.3 is 0 Å². The third-order valence-corrected chi connectivity index (χ3v) is 3.17. The zero-order valence-electron chi connectivity index (χ0n) is 14.0. The van der Waals surface area contributed by atoms with Crippen molar-refractivity contribution in [2.45, 2.75) is 32.7 Å². The van der Waals surface area contributed by atoms with Crippen LogP contribution in [0, 0.1) is 11.3 Å². The minimum absolute atomic E-state index is 0. The van der Waals surface area contributed by atoms with Gasteiger partial charge in [0.15, 0.2) is 5.96 Å². The van der Waals surface area contributed by atoms with E-state index in [2.05, 4.69) is 28.6 Å². The molecule has 6 heteroatoms. The predicted molar refractivity (Wildman–Crippen MR) is 105 cm³/mol. The molecule has 0 aromatic heterocycles. The number of benzene rings is 1. The SMILES string of the molecule is CCCCOCCCNC(=NC)NCc1ccc(C#N)cc1.I. The summed E-state index contributed by atoms with van der Waals surface area (Å²) in [5.74, 6) is 0.776. The lowest BCUT2D eigenvalue weighted by Crippen LogP contribution is -2.37. The van der Waals surface area contributed by atoms with E-state index in [4.69, 9.17) is 10.00 Å². The van der Waals surface area contributed by atoms with Gasteiger partial charge in [-0.1, -0.05) is 25.5 Å². The second kappa shape index (κ2) is 14.3. The number of nitrogens with one attached hydrogen (secondary N) is 2. The van der Waals surface area contributed by atoms with Crippen molar-refractivity contribution in [3.8, 4) is 6.07 Å². The van der Waals surface area contributed by atoms with E-state index in [0.29, 0.717) is 12.1 Å². The number of hydrogen-bond donors (Lipinski definition) is 2. The summed E-state index contributed by atoms with van der Waals surface area (Å²) in [6.45, 7) is 5.30. The summed E-state index contributed by atoms with van der Waals surface area (Å²) in [6.07, 6.45) is 3.26. The topological polar surface area (TPSA) is 69.4 Å². The van der Waals surface area contributed by atoms with Crippen LogP contribution in [0.1, 0.15) is 37.3 Å². The summed E-state index contributed by atoms with van der Waals surface area (Å²) in [4.78, 5) is 4.19. The fourth-order valence-electron chi connectivity index (χ4n) is 1.83. The van der Waals surface area contributed by atoms with Gasteiger partial charge in [0, 0.05) is 33.4 Å². The van der Waals surface area contributed by atoms with Gasteiger partial charge in [-0.15, -0.1) is 24.0 Å². The van der Waals surface area contributed by atoms with Gasteiger partial charge < -0.3 is 15.4 Å². The highest BCUT2D eigenvalue weighted by molar-refractivity contribution is 14.0. The molecule has 0 unspecified atom stereocenters. The molecule has 0 atom stereocenters. The fourth-order valence-corrected chi connectivity index (χ4v) is 1.83. The molecule has 2 N–H and O–H groups in total. The van der Waals surface area contributed by atoms with Gasteiger partial charge in [0.2, 0.25) is 0 Å². The molecule has 0 amide bonds. The lowest BCUT2D eigenvalue weighted by atomic mass is 10.1. The molecule has 5 nitrogen and oxygen atoms in total. The minimum atomic E-state index is 0. The lowest BCUT2D eigenvalue weighted by Gasteiger charge is -2.12. The first kappa shape index (κ1) is 21.7. The predicted octanol–water partition coefficient (Wildman–Crippen LogP) is 3.05. The third-order valence-electron chi connectivity index (χ3n) is 3.17. The number of hydrogen-bond acceptors (Lipinski definition) is 3. The molecule has 0 bridgehead atoms. The van der Waals surface area contributed by atoms with Gasteiger partial charge in [0.05, 0.1) is 11.6 Å². The van der Waals surface area contributed by atoms with E-state index in [0.717, 1.165) is 44.1 Å². The Balaban J connectivity index is 0.00000484. The number of ether oxygens (including phenoxy) is 1. The molecule has 0 aliphatic carbocycles. The van der Waals surface area contributed by atoms with Crippen LogP contribution in [0.25, 0.3) is 0 Å². The van der Waals surface area contributed by atoms with Gasteiger partial charge in [-0.2, -0.15) is 5.26 Å². The first-order chi connectivity index (χ1) is 10.8. The highest BCUT2D eigenvalue weighted by Crippen LogP contribution is 2.02. The number of aliphatic imine (C=N–C) groups is 1. The van der Waals surface area contributed by atoms with Gasteiger partial charge in [0.25, 0.3) is 0 Å². The van der Waals surface area contributed by atoms with Crippen LogP contribution < -0.4 is 10.6 Å². The van der Waals surface area contributed by atoms with Crippen molar-refractivity contribution < 1.29 is 4.74 Å². The maximum absolute atomic E-state index is 8.77. The van der Waals surface area contributed by atoms with Crippen molar-refractivity contribution in [1.29, 1.82) is 5.26 Å². The number of guanidine groups is 1. The molecule has 1 rings (SSSR count). The Hall–Kier alpha value is -1.33. The summed E-state index contributed by atoms with van der Waals surface area (Å²) >= 11 is 0. The highest BCUT2D eigenvalue weighted by atomic mass is 127. The average molecular weight is 430 g/mol. The maximum atomic E-state index is 8.77. The van der Waals surface area contributed by atoms with E-state index >= 15 is 0 Å². The van der Waals surface area contributed by atoms with E-state index in [-0.39, 0.29) is 24.0 Å². The Labute approximate surface area is 156 Å². The van der Waals surface area contributed by atoms with Crippen LogP contribution in [0.3, 0.4) is 0 Å². The third kappa shape index (κ3) is 10.1. The van der Waals surface area contributed by atoms with Crippen molar-refractivity contribution in [3.05, 3.63) is 35.4 Å². The van der Waals surface area contributed by atoms with Crippen molar-refractivity contribution in [3.63, 3.8) is 0 Å². The van der Waals surface area contributed by atoms with Crippen LogP contribution in [-0.2, 0) is 11.3 Å². The van der Waals surface area contributed by atoms with Crippen molar-refractivity contribution in [2.75, 3.05) is 26.8 Å². The van der Waals surface area contributed by atoms with Gasteiger partial charge in [0.1, 0.15) is 0 Å². The van der Waals surface area contributed by atoms with Crippen LogP contribution >= 0.6 is 24.0 Å². The molecule has 1 aromatic rings. The number of rotatable bonds is 9. The number of halogens is 1. The normalized spacial score (nSPS) is 10.6. The van der Waals surface area contributed by atoms with Gasteiger partial charge in [-0.25, -0.2) is 0 Å². The molecule has 0 saturated heterocycles. The van der Waals surface area contributed by atoms with Gasteiger partial charge in [-0.05, 0) is 30.5 Å². The highest BCUT2D eigenvalue weighted by Gasteiger charge is 1.98. The van der Waals surface area contributed by atoms with E-state index in [1.54, 1.807) is 7.05 Å². The first-order valence-electron chi connectivity index (χ1n) is 7.81. The van der Waals surface area contributed by atoms with Crippen LogP contribution in [0.15, 0.2) is 29.3 Å². The molecular weight excluding hydrogens is 403 g/mol.